The van der Waals surface area contributed by atoms with Crippen molar-refractivity contribution in [3.05, 3.63) is 149 Å². The molecule has 0 aliphatic rings. The molecule has 0 spiro atoms. The molecule has 0 fully saturated rings. The zero-order valence-electron chi connectivity index (χ0n) is 27.4. The molecule has 2 aromatic heterocycles. The van der Waals surface area contributed by atoms with Crippen LogP contribution in [-0.4, -0.2) is 19.2 Å². The van der Waals surface area contributed by atoms with Gasteiger partial charge in [0, 0.05) is 35.6 Å². The number of aryl methyl sites for hydroxylation is 2. The van der Waals surface area contributed by atoms with Gasteiger partial charge >= 0.3 is 36.2 Å². The van der Waals surface area contributed by atoms with Gasteiger partial charge in [-0.15, -0.1) is 21.6 Å². The largest absolute Gasteiger partial charge is 3.00 e. The number of benzene rings is 4. The summed E-state index contributed by atoms with van der Waals surface area (Å²) < 4.78 is 2.37. The van der Waals surface area contributed by atoms with E-state index in [9.17, 15) is 40.0 Å². The summed E-state index contributed by atoms with van der Waals surface area (Å²) in [5.41, 5.74) is -0.105. The minimum Gasteiger partial charge on any atom is -0.871 e. The van der Waals surface area contributed by atoms with Crippen molar-refractivity contribution in [3.63, 3.8) is 0 Å². The number of nitrogens with zero attached hydrogens (tertiary/aromatic N) is 10. The first-order valence-corrected chi connectivity index (χ1v) is 14.3. The van der Waals surface area contributed by atoms with Crippen LogP contribution in [-0.2, 0) is 17.4 Å². The molecule has 0 aliphatic heterocycles. The SMILES string of the molecule is Cc1[n-]n(-c2ccccc2)c(=O)c1N=Nc1cc([N+](=O)[O-])ccc1[O-].Cc1[n-]n(-c2ccccc2)c(=O)c1N=Nc1ccc([N+](=O)[O-])cc1[O-].[Cr+3].[Li+]. The van der Waals surface area contributed by atoms with Gasteiger partial charge in [-0.1, -0.05) is 67.8 Å². The number of nitro groups is 2. The fourth-order valence-electron chi connectivity index (χ4n) is 4.32. The van der Waals surface area contributed by atoms with E-state index in [0.29, 0.717) is 22.8 Å². The van der Waals surface area contributed by atoms with Crippen molar-refractivity contribution in [1.29, 1.82) is 0 Å². The number of aromatic nitrogens is 4. The van der Waals surface area contributed by atoms with Crippen LogP contribution in [0.25, 0.3) is 11.4 Å². The summed E-state index contributed by atoms with van der Waals surface area (Å²) in [6.45, 7) is 3.18. The van der Waals surface area contributed by atoms with E-state index in [1.165, 1.54) is 15.4 Å². The fourth-order valence-corrected chi connectivity index (χ4v) is 4.32. The van der Waals surface area contributed by atoms with Crippen LogP contribution in [0.2, 0.25) is 0 Å². The summed E-state index contributed by atoms with van der Waals surface area (Å²) in [6, 6.07) is 23.9. The van der Waals surface area contributed by atoms with Gasteiger partial charge in [-0.2, -0.15) is 10.2 Å². The molecular formula is C32H22CrLiN10O8. The van der Waals surface area contributed by atoms with Gasteiger partial charge in [-0.25, -0.2) is 0 Å². The Labute approximate surface area is 315 Å². The maximum atomic E-state index is 12.4. The topological polar surface area (TPSA) is 254 Å². The Hall–Kier alpha value is -6.37. The second kappa shape index (κ2) is 17.5. The number of non-ortho nitro benzene ring substituents is 2. The van der Waals surface area contributed by atoms with E-state index in [2.05, 4.69) is 30.7 Å². The van der Waals surface area contributed by atoms with Crippen LogP contribution in [0.3, 0.4) is 0 Å². The second-order valence-corrected chi connectivity index (χ2v) is 10.2. The minimum atomic E-state index is -0.674. The maximum absolute atomic E-state index is 12.4. The zero-order chi connectivity index (χ0) is 35.9. The molecule has 6 aromatic rings. The van der Waals surface area contributed by atoms with E-state index in [0.717, 1.165) is 30.3 Å². The molecule has 1 radical (unpaired) electrons. The van der Waals surface area contributed by atoms with E-state index in [1.807, 2.05) is 12.1 Å². The van der Waals surface area contributed by atoms with Crippen LogP contribution in [0.5, 0.6) is 11.5 Å². The van der Waals surface area contributed by atoms with Crippen molar-refractivity contribution in [2.24, 2.45) is 20.5 Å². The average Bonchev–Trinajstić information content (AvgIpc) is 3.56. The van der Waals surface area contributed by atoms with E-state index in [4.69, 9.17) is 0 Å². The molecule has 0 aliphatic carbocycles. The van der Waals surface area contributed by atoms with Gasteiger partial charge < -0.3 is 29.8 Å². The molecule has 0 bridgehead atoms. The van der Waals surface area contributed by atoms with Crippen LogP contribution < -0.4 is 50.4 Å². The fraction of sp³-hybridized carbons (Fsp3) is 0.0625. The predicted octanol–water partition coefficient (Wildman–Crippen LogP) is 2.00. The monoisotopic (exact) mass is 733 g/mol. The molecule has 52 heavy (non-hydrogen) atoms. The van der Waals surface area contributed by atoms with Crippen LogP contribution in [0.1, 0.15) is 11.4 Å². The molecule has 2 heterocycles. The Bertz CT molecular complexity index is 2390. The third kappa shape index (κ3) is 9.04. The molecule has 255 valence electrons. The Morgan fingerprint density at radius 1 is 0.577 bits per heavy atom. The smallest absolute Gasteiger partial charge is 0.871 e. The second-order valence-electron chi connectivity index (χ2n) is 10.2. The van der Waals surface area contributed by atoms with Crippen molar-refractivity contribution >= 4 is 34.1 Å². The summed E-state index contributed by atoms with van der Waals surface area (Å²) >= 11 is 0. The molecule has 0 saturated carbocycles. The first-order chi connectivity index (χ1) is 23.9. The van der Waals surface area contributed by atoms with Crippen molar-refractivity contribution in [2.45, 2.75) is 13.8 Å². The first kappa shape index (κ1) is 40.1. The van der Waals surface area contributed by atoms with E-state index in [-0.39, 0.29) is 70.3 Å². The summed E-state index contributed by atoms with van der Waals surface area (Å²) in [6.07, 6.45) is 0. The molecule has 0 N–H and O–H groups in total. The van der Waals surface area contributed by atoms with Crippen LogP contribution >= 0.6 is 0 Å². The third-order valence-corrected chi connectivity index (χ3v) is 6.80. The first-order valence-electron chi connectivity index (χ1n) is 14.3. The van der Waals surface area contributed by atoms with Crippen molar-refractivity contribution in [3.8, 4) is 22.9 Å². The molecule has 4 aromatic carbocycles. The number of hydrogen-bond acceptors (Lipinski definition) is 12. The average molecular weight is 734 g/mol. The van der Waals surface area contributed by atoms with Crippen molar-refractivity contribution in [1.82, 2.24) is 19.6 Å². The molecule has 18 nitrogen and oxygen atoms in total. The standard InChI is InChI=1S/2C16H13N5O4.Cr.Li/c1-10-15(16(23)20(19-10)11-5-3-2-4-6-11)18-17-13-9-12(21(24)25)7-8-14(13)22;1-10-15(16(23)20(19-10)11-5-3-2-4-6-11)18-17-13-8-7-12(21(24)25)9-14(13)22;;/h2*2-9H,1H3,(H2,17,18,19,22,23);;/q;;+3;+1/p-4. The molecule has 20 heteroatoms. The van der Waals surface area contributed by atoms with E-state index < -0.39 is 32.5 Å². The third-order valence-electron chi connectivity index (χ3n) is 6.80. The van der Waals surface area contributed by atoms with Gasteiger partial charge in [0.2, 0.25) is 0 Å². The predicted molar refractivity (Wildman–Crippen MR) is 174 cm³/mol. The van der Waals surface area contributed by atoms with E-state index >= 15 is 0 Å². The van der Waals surface area contributed by atoms with Gasteiger partial charge in [0.05, 0.1) is 21.2 Å². The quantitative estimate of drug-likeness (QED) is 0.0951. The van der Waals surface area contributed by atoms with Gasteiger partial charge in [0.1, 0.15) is 11.4 Å². The summed E-state index contributed by atoms with van der Waals surface area (Å²) in [5.74, 6) is -1.19. The van der Waals surface area contributed by atoms with Crippen molar-refractivity contribution < 1.29 is 56.3 Å². The minimum absolute atomic E-state index is 0. The Kier molecular flexibility index (Phi) is 13.5. The molecule has 0 saturated heterocycles. The van der Waals surface area contributed by atoms with Crippen LogP contribution in [0.15, 0.2) is 127 Å². The Morgan fingerprint density at radius 3 is 1.44 bits per heavy atom. The van der Waals surface area contributed by atoms with Crippen molar-refractivity contribution in [2.75, 3.05) is 0 Å². The molecular weight excluding hydrogens is 711 g/mol. The molecule has 0 atom stereocenters. The Balaban J connectivity index is 0.000000270. The van der Waals surface area contributed by atoms with Gasteiger partial charge in [0.25, 0.3) is 22.5 Å². The summed E-state index contributed by atoms with van der Waals surface area (Å²) in [4.78, 5) is 44.9. The maximum Gasteiger partial charge on any atom is 3.00 e. The number of para-hydroxylation sites is 2. The normalized spacial score (nSPS) is 10.7. The number of azo groups is 2. The number of nitro benzene ring substituents is 2. The number of rotatable bonds is 8. The molecule has 0 unspecified atom stereocenters. The van der Waals surface area contributed by atoms with Crippen LogP contribution in [0.4, 0.5) is 34.1 Å². The molecule has 6 rings (SSSR count). The Morgan fingerprint density at radius 2 is 1.00 bits per heavy atom. The molecule has 0 amide bonds. The summed E-state index contributed by atoms with van der Waals surface area (Å²) in [7, 11) is 0. The number of hydrogen-bond donors (Lipinski definition) is 0. The zero-order valence-corrected chi connectivity index (χ0v) is 28.7. The van der Waals surface area contributed by atoms with Crippen LogP contribution in [0, 0.1) is 34.1 Å². The van der Waals surface area contributed by atoms with E-state index in [1.54, 1.807) is 62.4 Å². The summed E-state index contributed by atoms with van der Waals surface area (Å²) in [5, 5.41) is 68.3. The van der Waals surface area contributed by atoms with Gasteiger partial charge in [0.15, 0.2) is 0 Å². The van der Waals surface area contributed by atoms with Gasteiger partial charge in [-0.3, -0.25) is 29.8 Å². The van der Waals surface area contributed by atoms with Gasteiger partial charge in [-0.05, 0) is 30.3 Å².